The monoisotopic (exact) mass is 374 g/mol. The predicted octanol–water partition coefficient (Wildman–Crippen LogP) is 2.60. The summed E-state index contributed by atoms with van der Waals surface area (Å²) in [5.41, 5.74) is 0.635. The first-order chi connectivity index (χ1) is 12.3. The molecule has 0 aliphatic carbocycles. The van der Waals surface area contributed by atoms with E-state index in [9.17, 15) is 18.8 Å². The van der Waals surface area contributed by atoms with E-state index in [1.807, 2.05) is 6.07 Å². The normalized spacial score (nSPS) is 11.5. The summed E-state index contributed by atoms with van der Waals surface area (Å²) in [6, 6.07) is 8.19. The highest BCUT2D eigenvalue weighted by Gasteiger charge is 2.20. The van der Waals surface area contributed by atoms with Gasteiger partial charge in [0, 0.05) is 11.6 Å². The number of aromatic amines is 1. The summed E-state index contributed by atoms with van der Waals surface area (Å²) in [4.78, 5) is 38.1. The van der Waals surface area contributed by atoms with Gasteiger partial charge >= 0.3 is 5.97 Å². The smallest absolute Gasteiger partial charge is 0.317 e. The summed E-state index contributed by atoms with van der Waals surface area (Å²) in [5, 5.41) is 9.42. The fourth-order valence-corrected chi connectivity index (χ4v) is 3.02. The molecule has 2 aromatic rings. The number of aryl methyl sites for hydroxylation is 1. The molecule has 0 bridgehead atoms. The molecule has 1 heterocycles. The molecular weight excluding hydrogens is 359 g/mol. The van der Waals surface area contributed by atoms with E-state index in [1.54, 1.807) is 6.92 Å². The van der Waals surface area contributed by atoms with Crippen molar-refractivity contribution in [2.75, 3.05) is 5.75 Å². The number of esters is 1. The van der Waals surface area contributed by atoms with Crippen molar-refractivity contribution in [2.45, 2.75) is 25.0 Å². The summed E-state index contributed by atoms with van der Waals surface area (Å²) in [6.45, 7) is 3.04. The number of carbonyl (C=O) groups excluding carboxylic acids is 2. The summed E-state index contributed by atoms with van der Waals surface area (Å²) in [7, 11) is 0. The highest BCUT2D eigenvalue weighted by Crippen LogP contribution is 2.21. The zero-order valence-electron chi connectivity index (χ0n) is 14.0. The maximum atomic E-state index is 12.9. The molecule has 0 fully saturated rings. The van der Waals surface area contributed by atoms with E-state index in [0.717, 1.165) is 23.9 Å². The fraction of sp³-hybridized carbons (Fsp3) is 0.222. The van der Waals surface area contributed by atoms with Crippen LogP contribution in [-0.2, 0) is 9.53 Å². The van der Waals surface area contributed by atoms with Crippen LogP contribution in [0.25, 0.3) is 0 Å². The quantitative estimate of drug-likeness (QED) is 0.474. The van der Waals surface area contributed by atoms with Gasteiger partial charge in [-0.2, -0.15) is 5.26 Å². The number of hydrogen-bond acceptors (Lipinski definition) is 6. The largest absolute Gasteiger partial charge is 0.454 e. The first-order valence-electron chi connectivity index (χ1n) is 7.58. The van der Waals surface area contributed by atoms with Crippen molar-refractivity contribution in [1.82, 2.24) is 4.98 Å². The lowest BCUT2D eigenvalue weighted by Gasteiger charge is -2.12. The Morgan fingerprint density at radius 3 is 2.62 bits per heavy atom. The molecular formula is C18H15FN2O4S. The number of nitrogens with one attached hydrogen (secondary N) is 1. The molecule has 2 rings (SSSR count). The average molecular weight is 374 g/mol. The molecule has 1 aromatic heterocycles. The lowest BCUT2D eigenvalue weighted by atomic mass is 10.1. The molecule has 0 aliphatic rings. The number of aromatic nitrogens is 1. The third kappa shape index (κ3) is 4.80. The molecule has 0 aliphatic heterocycles. The average Bonchev–Trinajstić information content (AvgIpc) is 2.59. The van der Waals surface area contributed by atoms with Crippen LogP contribution in [0.5, 0.6) is 0 Å². The van der Waals surface area contributed by atoms with Crippen LogP contribution in [0.1, 0.15) is 28.4 Å². The van der Waals surface area contributed by atoms with Crippen molar-refractivity contribution in [2.24, 2.45) is 0 Å². The van der Waals surface area contributed by atoms with Gasteiger partial charge in [0.15, 0.2) is 6.10 Å². The number of nitriles is 1. The molecule has 0 saturated carbocycles. The number of rotatable bonds is 6. The number of hydrogen-bond donors (Lipinski definition) is 1. The van der Waals surface area contributed by atoms with Crippen LogP contribution >= 0.6 is 11.8 Å². The van der Waals surface area contributed by atoms with Crippen LogP contribution < -0.4 is 5.56 Å². The fourth-order valence-electron chi connectivity index (χ4n) is 2.17. The summed E-state index contributed by atoms with van der Waals surface area (Å²) >= 11 is 0.946. The lowest BCUT2D eigenvalue weighted by Crippen LogP contribution is -2.25. The van der Waals surface area contributed by atoms with Crippen molar-refractivity contribution in [1.29, 1.82) is 5.26 Å². The number of ether oxygens (including phenoxy) is 1. The molecule has 0 saturated heterocycles. The zero-order chi connectivity index (χ0) is 19.3. The predicted molar refractivity (Wildman–Crippen MR) is 93.5 cm³/mol. The van der Waals surface area contributed by atoms with Gasteiger partial charge in [0.2, 0.25) is 11.3 Å². The maximum absolute atomic E-state index is 12.9. The number of halogens is 1. The van der Waals surface area contributed by atoms with Crippen molar-refractivity contribution in [3.8, 4) is 6.07 Å². The van der Waals surface area contributed by atoms with Crippen molar-refractivity contribution in [3.63, 3.8) is 0 Å². The van der Waals surface area contributed by atoms with E-state index >= 15 is 0 Å². The first kappa shape index (κ1) is 19.4. The number of nitrogens with zero attached hydrogens (tertiary/aromatic N) is 1. The van der Waals surface area contributed by atoms with E-state index in [0.29, 0.717) is 5.56 Å². The third-order valence-electron chi connectivity index (χ3n) is 3.46. The van der Waals surface area contributed by atoms with Gasteiger partial charge in [-0.25, -0.2) is 4.39 Å². The summed E-state index contributed by atoms with van der Waals surface area (Å²) in [6.07, 6.45) is -1.04. The second kappa shape index (κ2) is 8.45. The standard InChI is InChI=1S/C18H15FN2O4S/c1-10-7-15(22)21-18(14(10)8-20)26-9-16(23)25-11(2)17(24)12-3-5-13(19)6-4-12/h3-7,11H,9H2,1-2H3,(H,21,22)/t11-/m1/s1. The molecule has 0 amide bonds. The van der Waals surface area contributed by atoms with Crippen molar-refractivity contribution in [3.05, 3.63) is 63.2 Å². The molecule has 1 aromatic carbocycles. The van der Waals surface area contributed by atoms with E-state index in [4.69, 9.17) is 10.00 Å². The van der Waals surface area contributed by atoms with Gasteiger partial charge in [-0.15, -0.1) is 0 Å². The Morgan fingerprint density at radius 1 is 1.35 bits per heavy atom. The van der Waals surface area contributed by atoms with Gasteiger partial charge in [-0.05, 0) is 43.7 Å². The lowest BCUT2D eigenvalue weighted by molar-refractivity contribution is -0.143. The maximum Gasteiger partial charge on any atom is 0.317 e. The molecule has 134 valence electrons. The van der Waals surface area contributed by atoms with Crippen LogP contribution in [0.2, 0.25) is 0 Å². The van der Waals surface area contributed by atoms with Crippen LogP contribution in [0, 0.1) is 24.1 Å². The molecule has 0 unspecified atom stereocenters. The van der Waals surface area contributed by atoms with Gasteiger partial charge < -0.3 is 9.72 Å². The topological polar surface area (TPSA) is 100 Å². The third-order valence-corrected chi connectivity index (χ3v) is 4.43. The van der Waals surface area contributed by atoms with E-state index in [1.165, 1.54) is 25.1 Å². The van der Waals surface area contributed by atoms with Gasteiger partial charge in [0.25, 0.3) is 0 Å². The SMILES string of the molecule is Cc1cc(=O)[nH]c(SCC(=O)O[C@H](C)C(=O)c2ccc(F)cc2)c1C#N. The minimum Gasteiger partial charge on any atom is -0.454 e. The highest BCUT2D eigenvalue weighted by molar-refractivity contribution is 7.99. The summed E-state index contributed by atoms with van der Waals surface area (Å²) < 4.78 is 18.0. The van der Waals surface area contributed by atoms with Crippen molar-refractivity contribution >= 4 is 23.5 Å². The number of carbonyl (C=O) groups is 2. The molecule has 6 nitrogen and oxygen atoms in total. The second-order valence-electron chi connectivity index (χ2n) is 5.42. The molecule has 0 spiro atoms. The van der Waals surface area contributed by atoms with E-state index in [-0.39, 0.29) is 27.5 Å². The van der Waals surface area contributed by atoms with Gasteiger partial charge in [0.1, 0.15) is 11.9 Å². The Kier molecular flexibility index (Phi) is 6.31. The van der Waals surface area contributed by atoms with Crippen molar-refractivity contribution < 1.29 is 18.7 Å². The molecule has 1 atom stereocenters. The summed E-state index contributed by atoms with van der Waals surface area (Å²) in [5.74, 6) is -1.79. The van der Waals surface area contributed by atoms with Gasteiger partial charge in [-0.3, -0.25) is 14.4 Å². The number of thioether (sulfide) groups is 1. The molecule has 1 N–H and O–H groups in total. The van der Waals surface area contributed by atoms with Crippen LogP contribution in [-0.4, -0.2) is 28.6 Å². The number of pyridine rings is 1. The van der Waals surface area contributed by atoms with Crippen LogP contribution in [0.4, 0.5) is 4.39 Å². The zero-order valence-corrected chi connectivity index (χ0v) is 14.9. The first-order valence-corrected chi connectivity index (χ1v) is 8.56. The van der Waals surface area contributed by atoms with E-state index in [2.05, 4.69) is 4.98 Å². The molecule has 26 heavy (non-hydrogen) atoms. The highest BCUT2D eigenvalue weighted by atomic mass is 32.2. The number of Topliss-reactive ketones (excluding diaryl/α,β-unsaturated/α-hetero) is 1. The minimum atomic E-state index is -1.04. The Balaban J connectivity index is 1.99. The number of ketones is 1. The Bertz CT molecular complexity index is 932. The van der Waals surface area contributed by atoms with Gasteiger partial charge in [-0.1, -0.05) is 11.8 Å². The van der Waals surface area contributed by atoms with Gasteiger partial charge in [0.05, 0.1) is 16.3 Å². The Labute approximate surface area is 153 Å². The number of H-pyrrole nitrogens is 1. The molecule has 0 radical (unpaired) electrons. The number of benzene rings is 1. The van der Waals surface area contributed by atoms with E-state index < -0.39 is 23.7 Å². The Hall–Kier alpha value is -2.92. The van der Waals surface area contributed by atoms with Crippen LogP contribution in [0.15, 0.2) is 40.2 Å². The minimum absolute atomic E-state index is 0.185. The second-order valence-corrected chi connectivity index (χ2v) is 6.41. The molecule has 8 heteroatoms. The van der Waals surface area contributed by atoms with Crippen LogP contribution in [0.3, 0.4) is 0 Å². The Morgan fingerprint density at radius 2 is 2.00 bits per heavy atom.